The Balaban J connectivity index is 1.71. The minimum atomic E-state index is -0.413. The van der Waals surface area contributed by atoms with E-state index >= 15 is 0 Å². The number of nitrogens with zero attached hydrogens (tertiary/aromatic N) is 3. The summed E-state index contributed by atoms with van der Waals surface area (Å²) in [5.41, 5.74) is 3.72. The number of benzene rings is 1. The van der Waals surface area contributed by atoms with Crippen molar-refractivity contribution in [2.75, 3.05) is 32.7 Å². The third kappa shape index (κ3) is 5.13. The van der Waals surface area contributed by atoms with Crippen LogP contribution in [0.15, 0.2) is 54.2 Å². The SMILES string of the molecule is Cc1ccc(C2/C(=C\c3ccccn3)C(=O)C(C)(C)CN2CCN2CCCCC2)cc1. The van der Waals surface area contributed by atoms with E-state index in [4.69, 9.17) is 0 Å². The van der Waals surface area contributed by atoms with E-state index in [0.29, 0.717) is 0 Å². The van der Waals surface area contributed by atoms with Crippen molar-refractivity contribution in [3.05, 3.63) is 71.1 Å². The monoisotopic (exact) mass is 417 g/mol. The van der Waals surface area contributed by atoms with E-state index in [1.165, 1.54) is 43.5 Å². The van der Waals surface area contributed by atoms with Crippen molar-refractivity contribution >= 4 is 11.9 Å². The highest BCUT2D eigenvalue weighted by Gasteiger charge is 2.43. The maximum atomic E-state index is 13.6. The van der Waals surface area contributed by atoms with E-state index < -0.39 is 5.41 Å². The molecule has 3 heterocycles. The summed E-state index contributed by atoms with van der Waals surface area (Å²) in [6.45, 7) is 11.5. The fourth-order valence-corrected chi connectivity index (χ4v) is 4.95. The predicted octanol–water partition coefficient (Wildman–Crippen LogP) is 4.91. The molecule has 2 aromatic rings. The van der Waals surface area contributed by atoms with E-state index in [1.54, 1.807) is 6.20 Å². The second-order valence-electron chi connectivity index (χ2n) is 9.75. The third-order valence-electron chi connectivity index (χ3n) is 6.67. The second kappa shape index (κ2) is 9.46. The molecule has 1 unspecified atom stereocenters. The summed E-state index contributed by atoms with van der Waals surface area (Å²) in [5, 5.41) is 0. The van der Waals surface area contributed by atoms with Gasteiger partial charge in [-0.2, -0.15) is 0 Å². The minimum absolute atomic E-state index is 0.0343. The molecule has 2 fully saturated rings. The molecule has 1 aromatic carbocycles. The highest BCUT2D eigenvalue weighted by Crippen LogP contribution is 2.41. The molecule has 0 aliphatic carbocycles. The van der Waals surface area contributed by atoms with Crippen molar-refractivity contribution in [3.8, 4) is 0 Å². The van der Waals surface area contributed by atoms with Crippen LogP contribution in [-0.2, 0) is 4.79 Å². The Hall–Kier alpha value is -2.30. The van der Waals surface area contributed by atoms with Gasteiger partial charge in [-0.3, -0.25) is 14.7 Å². The van der Waals surface area contributed by atoms with Crippen LogP contribution in [0.3, 0.4) is 0 Å². The molecule has 4 rings (SSSR count). The number of pyridine rings is 1. The lowest BCUT2D eigenvalue weighted by molar-refractivity contribution is -0.128. The van der Waals surface area contributed by atoms with Crippen LogP contribution in [0.2, 0.25) is 0 Å². The lowest BCUT2D eigenvalue weighted by Crippen LogP contribution is -2.51. The number of aryl methyl sites for hydroxylation is 1. The first kappa shape index (κ1) is 21.9. The molecule has 31 heavy (non-hydrogen) atoms. The van der Waals surface area contributed by atoms with Gasteiger partial charge in [0, 0.05) is 36.8 Å². The predicted molar refractivity (Wildman–Crippen MR) is 127 cm³/mol. The Labute approximate surface area is 187 Å². The molecular weight excluding hydrogens is 382 g/mol. The maximum absolute atomic E-state index is 13.6. The number of carbonyl (C=O) groups excluding carboxylic acids is 1. The number of rotatable bonds is 5. The number of hydrogen-bond acceptors (Lipinski definition) is 4. The molecule has 4 nitrogen and oxygen atoms in total. The molecule has 0 spiro atoms. The molecule has 0 N–H and O–H groups in total. The summed E-state index contributed by atoms with van der Waals surface area (Å²) in [4.78, 5) is 23.2. The maximum Gasteiger partial charge on any atom is 0.167 e. The zero-order valence-electron chi connectivity index (χ0n) is 19.2. The topological polar surface area (TPSA) is 36.4 Å². The first-order valence-corrected chi connectivity index (χ1v) is 11.6. The number of likely N-dealkylation sites (tertiary alicyclic amines) is 2. The van der Waals surface area contributed by atoms with Crippen molar-refractivity contribution < 1.29 is 4.79 Å². The average molecular weight is 418 g/mol. The van der Waals surface area contributed by atoms with Crippen LogP contribution in [0.4, 0.5) is 0 Å². The van der Waals surface area contributed by atoms with Crippen LogP contribution in [-0.4, -0.2) is 53.3 Å². The van der Waals surface area contributed by atoms with Gasteiger partial charge in [-0.15, -0.1) is 0 Å². The van der Waals surface area contributed by atoms with Crippen molar-refractivity contribution in [1.82, 2.24) is 14.8 Å². The molecule has 2 aliphatic rings. The Morgan fingerprint density at radius 2 is 1.77 bits per heavy atom. The summed E-state index contributed by atoms with van der Waals surface area (Å²) in [6.07, 6.45) is 7.76. The van der Waals surface area contributed by atoms with Crippen LogP contribution in [0.1, 0.15) is 56.0 Å². The molecule has 0 amide bonds. The fourth-order valence-electron chi connectivity index (χ4n) is 4.95. The summed E-state index contributed by atoms with van der Waals surface area (Å²) in [5.74, 6) is 0.234. The molecule has 2 saturated heterocycles. The molecule has 1 aromatic heterocycles. The molecular formula is C27H35N3O. The Morgan fingerprint density at radius 1 is 1.03 bits per heavy atom. The van der Waals surface area contributed by atoms with Crippen molar-refractivity contribution in [1.29, 1.82) is 0 Å². The number of hydrogen-bond donors (Lipinski definition) is 0. The highest BCUT2D eigenvalue weighted by molar-refractivity contribution is 6.05. The molecule has 1 atom stereocenters. The number of ketones is 1. The zero-order chi connectivity index (χ0) is 21.8. The van der Waals surface area contributed by atoms with Gasteiger partial charge < -0.3 is 4.90 Å². The molecule has 4 heteroatoms. The molecule has 0 bridgehead atoms. The van der Waals surface area contributed by atoms with Crippen LogP contribution >= 0.6 is 0 Å². The minimum Gasteiger partial charge on any atom is -0.302 e. The molecule has 2 aliphatic heterocycles. The standard InChI is InChI=1S/C27H35N3O/c1-21-10-12-22(13-11-21)25-24(19-23-9-5-6-14-28-23)26(31)27(2,3)20-30(25)18-17-29-15-7-4-8-16-29/h5-6,9-14,19,25H,4,7-8,15-18,20H2,1-3H3/b24-19+. The normalized spacial score (nSPS) is 23.9. The second-order valence-corrected chi connectivity index (χ2v) is 9.75. The average Bonchev–Trinajstić information content (AvgIpc) is 2.78. The zero-order valence-corrected chi connectivity index (χ0v) is 19.2. The lowest BCUT2D eigenvalue weighted by Gasteiger charge is -2.45. The van der Waals surface area contributed by atoms with Gasteiger partial charge in [0.2, 0.25) is 0 Å². The molecule has 0 saturated carbocycles. The van der Waals surface area contributed by atoms with Crippen molar-refractivity contribution in [2.45, 2.75) is 46.1 Å². The lowest BCUT2D eigenvalue weighted by atomic mass is 9.74. The van der Waals surface area contributed by atoms with Gasteiger partial charge in [0.05, 0.1) is 11.7 Å². The van der Waals surface area contributed by atoms with Crippen LogP contribution in [0.25, 0.3) is 6.08 Å². The van der Waals surface area contributed by atoms with Crippen molar-refractivity contribution in [2.24, 2.45) is 5.41 Å². The molecule has 0 radical (unpaired) electrons. The Morgan fingerprint density at radius 3 is 2.45 bits per heavy atom. The van der Waals surface area contributed by atoms with E-state index in [9.17, 15) is 4.79 Å². The smallest absolute Gasteiger partial charge is 0.167 e. The third-order valence-corrected chi connectivity index (χ3v) is 6.67. The molecule has 164 valence electrons. The summed E-state index contributed by atoms with van der Waals surface area (Å²) in [6, 6.07) is 14.5. The van der Waals surface area contributed by atoms with Crippen LogP contribution in [0.5, 0.6) is 0 Å². The highest BCUT2D eigenvalue weighted by atomic mass is 16.1. The summed E-state index contributed by atoms with van der Waals surface area (Å²) < 4.78 is 0. The summed E-state index contributed by atoms with van der Waals surface area (Å²) in [7, 11) is 0. The first-order chi connectivity index (χ1) is 14.9. The van der Waals surface area contributed by atoms with Gasteiger partial charge >= 0.3 is 0 Å². The quantitative estimate of drug-likeness (QED) is 0.648. The van der Waals surface area contributed by atoms with E-state index in [0.717, 1.165) is 30.9 Å². The summed E-state index contributed by atoms with van der Waals surface area (Å²) >= 11 is 0. The van der Waals surface area contributed by atoms with E-state index in [-0.39, 0.29) is 11.8 Å². The Bertz CT molecular complexity index is 911. The van der Waals surface area contributed by atoms with Gasteiger partial charge in [-0.25, -0.2) is 0 Å². The largest absolute Gasteiger partial charge is 0.302 e. The van der Waals surface area contributed by atoms with Crippen LogP contribution < -0.4 is 0 Å². The Kier molecular flexibility index (Phi) is 6.68. The number of aromatic nitrogens is 1. The number of carbonyl (C=O) groups is 1. The fraction of sp³-hybridized carbons (Fsp3) is 0.481. The van der Waals surface area contributed by atoms with Gasteiger partial charge in [0.1, 0.15) is 0 Å². The van der Waals surface area contributed by atoms with E-state index in [1.807, 2.05) is 24.3 Å². The van der Waals surface area contributed by atoms with Crippen LogP contribution in [0, 0.1) is 12.3 Å². The van der Waals surface area contributed by atoms with Crippen molar-refractivity contribution in [3.63, 3.8) is 0 Å². The van der Waals surface area contributed by atoms with Gasteiger partial charge in [-0.1, -0.05) is 56.2 Å². The number of piperidine rings is 2. The number of Topliss-reactive ketones (excluding diaryl/α,β-unsaturated/α-hetero) is 1. The van der Waals surface area contributed by atoms with Gasteiger partial charge in [0.15, 0.2) is 5.78 Å². The first-order valence-electron chi connectivity index (χ1n) is 11.6. The van der Waals surface area contributed by atoms with Gasteiger partial charge in [0.25, 0.3) is 0 Å². The van der Waals surface area contributed by atoms with E-state index in [2.05, 4.69) is 59.8 Å². The van der Waals surface area contributed by atoms with Gasteiger partial charge in [-0.05, 0) is 56.6 Å².